The number of ether oxygens (including phenoxy) is 3. The molecule has 2 heterocycles. The van der Waals surface area contributed by atoms with Gasteiger partial charge >= 0.3 is 5.97 Å². The first-order valence-electron chi connectivity index (χ1n) is 9.59. The third-order valence-electron chi connectivity index (χ3n) is 4.67. The molecule has 0 saturated carbocycles. The van der Waals surface area contributed by atoms with Gasteiger partial charge in [-0.2, -0.15) is 0 Å². The molecule has 3 aromatic rings. The number of hydrogen-bond donors (Lipinski definition) is 1. The van der Waals surface area contributed by atoms with Crippen molar-refractivity contribution in [2.75, 3.05) is 12.1 Å². The minimum atomic E-state index is -3.70. The van der Waals surface area contributed by atoms with E-state index in [1.807, 2.05) is 0 Å². The molecule has 0 spiro atoms. The van der Waals surface area contributed by atoms with Crippen LogP contribution < -0.4 is 14.8 Å². The number of rotatable bonds is 7. The molecular weight excluding hydrogens is 438 g/mol. The Kier molecular flexibility index (Phi) is 5.87. The van der Waals surface area contributed by atoms with Crippen LogP contribution in [0.4, 0.5) is 5.69 Å². The fraction of sp³-hybridized carbons (Fsp3) is 0.182. The zero-order chi connectivity index (χ0) is 22.7. The summed E-state index contributed by atoms with van der Waals surface area (Å²) >= 11 is 0. The SMILES string of the molecule is CC(OC(=O)c1occc1CS(=O)(=O)c1ccccc1)C(=O)Nc1ccc2c(c1)OCO2. The third kappa shape index (κ3) is 4.59. The van der Waals surface area contributed by atoms with Crippen molar-refractivity contribution in [2.24, 2.45) is 0 Å². The maximum atomic E-state index is 12.6. The molecule has 1 aliphatic heterocycles. The van der Waals surface area contributed by atoms with Crippen LogP contribution in [0.2, 0.25) is 0 Å². The Labute approximate surface area is 183 Å². The number of nitrogens with one attached hydrogen (secondary N) is 1. The average Bonchev–Trinajstić information content (AvgIpc) is 3.43. The fourth-order valence-corrected chi connectivity index (χ4v) is 4.41. The molecule has 0 aliphatic carbocycles. The first-order valence-corrected chi connectivity index (χ1v) is 11.2. The van der Waals surface area contributed by atoms with Crippen LogP contribution in [0, 0.1) is 0 Å². The molecule has 1 amide bonds. The zero-order valence-corrected chi connectivity index (χ0v) is 17.8. The Morgan fingerprint density at radius 3 is 2.59 bits per heavy atom. The molecule has 0 fully saturated rings. The number of anilines is 1. The molecular formula is C22H19NO8S. The fourth-order valence-electron chi connectivity index (χ4n) is 3.03. The molecule has 1 unspecified atom stereocenters. The Morgan fingerprint density at radius 1 is 1.06 bits per heavy atom. The molecule has 0 bridgehead atoms. The molecule has 2 aromatic carbocycles. The number of carbonyl (C=O) groups excluding carboxylic acids is 2. The molecule has 32 heavy (non-hydrogen) atoms. The summed E-state index contributed by atoms with van der Waals surface area (Å²) in [7, 11) is -3.70. The molecule has 166 valence electrons. The predicted molar refractivity (Wildman–Crippen MR) is 112 cm³/mol. The number of amides is 1. The van der Waals surface area contributed by atoms with Gasteiger partial charge in [-0.15, -0.1) is 0 Å². The monoisotopic (exact) mass is 457 g/mol. The van der Waals surface area contributed by atoms with Gasteiger partial charge < -0.3 is 23.9 Å². The third-order valence-corrected chi connectivity index (χ3v) is 6.35. The maximum Gasteiger partial charge on any atom is 0.375 e. The second kappa shape index (κ2) is 8.75. The van der Waals surface area contributed by atoms with Gasteiger partial charge in [0.1, 0.15) is 0 Å². The lowest BCUT2D eigenvalue weighted by atomic mass is 10.2. The van der Waals surface area contributed by atoms with Gasteiger partial charge in [-0.1, -0.05) is 18.2 Å². The smallest absolute Gasteiger partial charge is 0.375 e. The topological polar surface area (TPSA) is 121 Å². The summed E-state index contributed by atoms with van der Waals surface area (Å²) in [6.45, 7) is 1.50. The van der Waals surface area contributed by atoms with E-state index in [1.54, 1.807) is 36.4 Å². The van der Waals surface area contributed by atoms with E-state index in [2.05, 4.69) is 5.32 Å². The van der Waals surface area contributed by atoms with Crippen molar-refractivity contribution in [3.63, 3.8) is 0 Å². The van der Waals surface area contributed by atoms with E-state index < -0.39 is 33.6 Å². The minimum absolute atomic E-state index is 0.103. The van der Waals surface area contributed by atoms with Crippen molar-refractivity contribution in [3.05, 3.63) is 72.2 Å². The molecule has 4 rings (SSSR count). The highest BCUT2D eigenvalue weighted by atomic mass is 32.2. The average molecular weight is 457 g/mol. The number of hydrogen-bond acceptors (Lipinski definition) is 8. The quantitative estimate of drug-likeness (QED) is 0.537. The molecule has 10 heteroatoms. The van der Waals surface area contributed by atoms with E-state index in [-0.39, 0.29) is 23.0 Å². The molecule has 1 atom stereocenters. The summed E-state index contributed by atoms with van der Waals surface area (Å²) in [5.74, 6) is -1.18. The van der Waals surface area contributed by atoms with E-state index in [1.165, 1.54) is 31.4 Å². The standard InChI is InChI=1S/C22H19NO8S/c1-14(21(24)23-16-7-8-18-19(11-16)30-13-29-18)31-22(25)20-15(9-10-28-20)12-32(26,27)17-5-3-2-4-6-17/h2-11,14H,12-13H2,1H3,(H,23,24). The number of esters is 1. The van der Waals surface area contributed by atoms with Crippen LogP contribution >= 0.6 is 0 Å². The van der Waals surface area contributed by atoms with Crippen molar-refractivity contribution >= 4 is 27.4 Å². The number of sulfone groups is 1. The van der Waals surface area contributed by atoms with Crippen LogP contribution in [-0.2, 0) is 25.1 Å². The minimum Gasteiger partial charge on any atom is -0.457 e. The Hall–Kier alpha value is -3.79. The lowest BCUT2D eigenvalue weighted by Crippen LogP contribution is -2.30. The molecule has 1 aromatic heterocycles. The van der Waals surface area contributed by atoms with E-state index >= 15 is 0 Å². The van der Waals surface area contributed by atoms with Crippen LogP contribution in [0.25, 0.3) is 0 Å². The van der Waals surface area contributed by atoms with Gasteiger partial charge in [-0.3, -0.25) is 4.79 Å². The summed E-state index contributed by atoms with van der Waals surface area (Å²) in [6.07, 6.45) is 0.0284. The molecule has 9 nitrogen and oxygen atoms in total. The van der Waals surface area contributed by atoms with Crippen molar-refractivity contribution in [2.45, 2.75) is 23.7 Å². The van der Waals surface area contributed by atoms with Gasteiger partial charge in [0.2, 0.25) is 12.6 Å². The second-order valence-corrected chi connectivity index (χ2v) is 8.94. The van der Waals surface area contributed by atoms with Gasteiger partial charge in [0, 0.05) is 17.3 Å². The lowest BCUT2D eigenvalue weighted by Gasteiger charge is -2.13. The summed E-state index contributed by atoms with van der Waals surface area (Å²) < 4.78 is 46.0. The maximum absolute atomic E-state index is 12.6. The van der Waals surface area contributed by atoms with Crippen molar-refractivity contribution in [1.29, 1.82) is 0 Å². The first kappa shape index (κ1) is 21.4. The van der Waals surface area contributed by atoms with Crippen molar-refractivity contribution in [1.82, 2.24) is 0 Å². The lowest BCUT2D eigenvalue weighted by molar-refractivity contribution is -0.123. The highest BCUT2D eigenvalue weighted by molar-refractivity contribution is 7.90. The highest BCUT2D eigenvalue weighted by Gasteiger charge is 2.26. The predicted octanol–water partition coefficient (Wildman–Crippen LogP) is 3.17. The summed E-state index contributed by atoms with van der Waals surface area (Å²) in [5, 5.41) is 2.62. The van der Waals surface area contributed by atoms with E-state index in [0.29, 0.717) is 17.2 Å². The van der Waals surface area contributed by atoms with Gasteiger partial charge in [0.15, 0.2) is 27.4 Å². The van der Waals surface area contributed by atoms with Crippen molar-refractivity contribution in [3.8, 4) is 11.5 Å². The number of fused-ring (bicyclic) bond motifs is 1. The zero-order valence-electron chi connectivity index (χ0n) is 16.9. The molecule has 1 aliphatic rings. The van der Waals surface area contributed by atoms with Crippen molar-refractivity contribution < 1.29 is 36.6 Å². The number of furan rings is 1. The van der Waals surface area contributed by atoms with E-state index in [9.17, 15) is 18.0 Å². The van der Waals surface area contributed by atoms with Gasteiger partial charge in [-0.25, -0.2) is 13.2 Å². The number of benzene rings is 2. The number of carbonyl (C=O) groups is 2. The van der Waals surface area contributed by atoms with Crippen LogP contribution in [0.1, 0.15) is 23.0 Å². The first-order chi connectivity index (χ1) is 15.3. The summed E-state index contributed by atoms with van der Waals surface area (Å²) in [5.41, 5.74) is 0.581. The van der Waals surface area contributed by atoms with Crippen LogP contribution in [-0.4, -0.2) is 33.2 Å². The summed E-state index contributed by atoms with van der Waals surface area (Å²) in [6, 6.07) is 14.1. The normalized spacial score (nSPS) is 13.4. The molecule has 0 radical (unpaired) electrons. The van der Waals surface area contributed by atoms with E-state index in [0.717, 1.165) is 0 Å². The largest absolute Gasteiger partial charge is 0.457 e. The Balaban J connectivity index is 1.41. The molecule has 0 saturated heterocycles. The van der Waals surface area contributed by atoms with Gasteiger partial charge in [-0.05, 0) is 37.3 Å². The van der Waals surface area contributed by atoms with E-state index in [4.69, 9.17) is 18.6 Å². The van der Waals surface area contributed by atoms with Gasteiger partial charge in [0.05, 0.1) is 16.9 Å². The summed E-state index contributed by atoms with van der Waals surface area (Å²) in [4.78, 5) is 25.1. The van der Waals surface area contributed by atoms with Gasteiger partial charge in [0.25, 0.3) is 5.91 Å². The Morgan fingerprint density at radius 2 is 1.81 bits per heavy atom. The Bertz CT molecular complexity index is 1250. The second-order valence-electron chi connectivity index (χ2n) is 6.95. The van der Waals surface area contributed by atoms with Crippen LogP contribution in [0.3, 0.4) is 0 Å². The van der Waals surface area contributed by atoms with Crippen LogP contribution in [0.5, 0.6) is 11.5 Å². The highest BCUT2D eigenvalue weighted by Crippen LogP contribution is 2.34. The van der Waals surface area contributed by atoms with Crippen LogP contribution in [0.15, 0.2) is 70.2 Å². The molecule has 1 N–H and O–H groups in total.